The number of aliphatic imine (C=N–C) groups is 1. The summed E-state index contributed by atoms with van der Waals surface area (Å²) in [5.74, 6) is 0.270. The van der Waals surface area contributed by atoms with E-state index in [1.165, 1.54) is 19.3 Å². The van der Waals surface area contributed by atoms with Gasteiger partial charge in [0.2, 0.25) is 0 Å². The van der Waals surface area contributed by atoms with Gasteiger partial charge in [-0.05, 0) is 19.1 Å². The molecule has 0 aliphatic rings. The van der Waals surface area contributed by atoms with Gasteiger partial charge in [-0.2, -0.15) is 0 Å². The van der Waals surface area contributed by atoms with E-state index in [-0.39, 0.29) is 5.88 Å². The Kier molecular flexibility index (Phi) is 8.95. The number of rotatable bonds is 7. The number of hydrogen-bond donors (Lipinski definition) is 1. The van der Waals surface area contributed by atoms with Crippen molar-refractivity contribution >= 4 is 17.8 Å². The van der Waals surface area contributed by atoms with E-state index in [1.807, 2.05) is 6.21 Å². The monoisotopic (exact) mass is 191 g/mol. The Labute approximate surface area is 79.7 Å². The van der Waals surface area contributed by atoms with E-state index in [9.17, 15) is 0 Å². The van der Waals surface area contributed by atoms with E-state index in [0.29, 0.717) is 6.54 Å². The van der Waals surface area contributed by atoms with E-state index in [0.717, 1.165) is 6.42 Å². The number of aliphatic hydroxyl groups is 1. The molecule has 1 atom stereocenters. The fourth-order valence-electron chi connectivity index (χ4n) is 0.822. The van der Waals surface area contributed by atoms with Gasteiger partial charge in [0.1, 0.15) is 0 Å². The molecule has 1 N–H and O–H groups in total. The summed E-state index contributed by atoms with van der Waals surface area (Å²) in [6, 6.07) is 0. The lowest BCUT2D eigenvalue weighted by atomic mass is 10.2. The zero-order valence-electron chi connectivity index (χ0n) is 7.67. The molecule has 0 spiro atoms. The maximum absolute atomic E-state index is 9.01. The zero-order valence-corrected chi connectivity index (χ0v) is 8.43. The average Bonchev–Trinajstić information content (AvgIpc) is 2.10. The summed E-state index contributed by atoms with van der Waals surface area (Å²) < 4.78 is 0. The van der Waals surface area contributed by atoms with Crippen molar-refractivity contribution in [3.8, 4) is 0 Å². The number of unbranched alkanes of at least 4 members (excludes halogenated alkanes) is 3. The number of nitrogens with zero attached hydrogens (tertiary/aromatic N) is 1. The second kappa shape index (κ2) is 9.01. The summed E-state index contributed by atoms with van der Waals surface area (Å²) in [5, 5.41) is 9.01. The lowest BCUT2D eigenvalue weighted by Crippen LogP contribution is -2.12. The van der Waals surface area contributed by atoms with Crippen LogP contribution in [-0.4, -0.2) is 29.8 Å². The Bertz CT molecular complexity index is 117. The average molecular weight is 192 g/mol. The number of halogens is 1. The molecule has 2 nitrogen and oxygen atoms in total. The molecule has 12 heavy (non-hydrogen) atoms. The van der Waals surface area contributed by atoms with Crippen LogP contribution in [0.25, 0.3) is 0 Å². The van der Waals surface area contributed by atoms with Gasteiger partial charge in [0.15, 0.2) is 0 Å². The van der Waals surface area contributed by atoms with Crippen LogP contribution in [-0.2, 0) is 0 Å². The highest BCUT2D eigenvalue weighted by Gasteiger charge is 1.96. The maximum Gasteiger partial charge on any atom is 0.0870 e. The van der Waals surface area contributed by atoms with Crippen molar-refractivity contribution in [1.82, 2.24) is 0 Å². The third kappa shape index (κ3) is 8.02. The molecule has 0 heterocycles. The fourth-order valence-corrected chi connectivity index (χ4v) is 0.920. The van der Waals surface area contributed by atoms with Crippen LogP contribution in [0.5, 0.6) is 0 Å². The normalized spacial score (nSPS) is 13.9. The van der Waals surface area contributed by atoms with Crippen LogP contribution >= 0.6 is 11.6 Å². The predicted octanol–water partition coefficient (Wildman–Crippen LogP) is 2.24. The molecular formula is C9H18ClNO. The summed E-state index contributed by atoms with van der Waals surface area (Å²) in [4.78, 5) is 4.05. The topological polar surface area (TPSA) is 32.6 Å². The summed E-state index contributed by atoms with van der Waals surface area (Å²) >= 11 is 5.39. The van der Waals surface area contributed by atoms with E-state index >= 15 is 0 Å². The third-order valence-corrected chi connectivity index (χ3v) is 1.92. The molecule has 0 aliphatic heterocycles. The van der Waals surface area contributed by atoms with E-state index in [1.54, 1.807) is 0 Å². The lowest BCUT2D eigenvalue weighted by molar-refractivity contribution is 0.207. The Morgan fingerprint density at radius 3 is 2.83 bits per heavy atom. The number of aliphatic hydroxyl groups excluding tert-OH is 1. The molecule has 0 aromatic carbocycles. The Morgan fingerprint density at radius 2 is 2.25 bits per heavy atom. The minimum Gasteiger partial charge on any atom is -0.390 e. The lowest BCUT2D eigenvalue weighted by Gasteiger charge is -1.99. The van der Waals surface area contributed by atoms with Crippen molar-refractivity contribution < 1.29 is 5.11 Å². The van der Waals surface area contributed by atoms with Crippen LogP contribution < -0.4 is 0 Å². The molecule has 0 aromatic heterocycles. The molecule has 0 amide bonds. The van der Waals surface area contributed by atoms with Crippen LogP contribution in [0.15, 0.2) is 4.99 Å². The number of hydrogen-bond acceptors (Lipinski definition) is 2. The highest BCUT2D eigenvalue weighted by Crippen LogP contribution is 1.96. The van der Waals surface area contributed by atoms with Crippen LogP contribution in [0.4, 0.5) is 0 Å². The Balaban J connectivity index is 3.13. The first kappa shape index (κ1) is 11.9. The van der Waals surface area contributed by atoms with Crippen molar-refractivity contribution in [2.24, 2.45) is 4.99 Å². The predicted molar refractivity (Wildman–Crippen MR) is 54.2 cm³/mol. The molecule has 0 rings (SSSR count). The van der Waals surface area contributed by atoms with E-state index in [4.69, 9.17) is 16.7 Å². The smallest absolute Gasteiger partial charge is 0.0870 e. The highest BCUT2D eigenvalue weighted by atomic mass is 35.5. The van der Waals surface area contributed by atoms with Gasteiger partial charge in [0, 0.05) is 0 Å². The third-order valence-electron chi connectivity index (χ3n) is 1.56. The standard InChI is InChI=1S/C9H18ClNO/c1-2-3-4-5-6-11-8-9(12)7-10/h6,9,12H,2-5,7-8H2,1H3/t9-/m1/s1. The summed E-state index contributed by atoms with van der Waals surface area (Å²) in [7, 11) is 0. The summed E-state index contributed by atoms with van der Waals surface area (Å²) in [6.07, 6.45) is 6.10. The van der Waals surface area contributed by atoms with Crippen LogP contribution in [0.2, 0.25) is 0 Å². The molecule has 0 saturated heterocycles. The first-order chi connectivity index (χ1) is 5.81. The molecule has 0 radical (unpaired) electrons. The fraction of sp³-hybridized carbons (Fsp3) is 0.889. The SMILES string of the molecule is CCCCCC=NC[C@H](O)CCl. The molecule has 0 aromatic rings. The largest absolute Gasteiger partial charge is 0.390 e. The van der Waals surface area contributed by atoms with E-state index < -0.39 is 6.10 Å². The van der Waals surface area contributed by atoms with E-state index in [2.05, 4.69) is 11.9 Å². The molecule has 0 bridgehead atoms. The molecular weight excluding hydrogens is 174 g/mol. The summed E-state index contributed by atoms with van der Waals surface area (Å²) in [5.41, 5.74) is 0. The van der Waals surface area contributed by atoms with Crippen molar-refractivity contribution in [3.05, 3.63) is 0 Å². The van der Waals surface area contributed by atoms with Gasteiger partial charge in [-0.3, -0.25) is 4.99 Å². The zero-order chi connectivity index (χ0) is 9.23. The second-order valence-electron chi connectivity index (χ2n) is 2.85. The first-order valence-electron chi connectivity index (χ1n) is 4.53. The van der Waals surface area contributed by atoms with Gasteiger partial charge in [0.25, 0.3) is 0 Å². The van der Waals surface area contributed by atoms with Gasteiger partial charge in [0.05, 0.1) is 18.5 Å². The quantitative estimate of drug-likeness (QED) is 0.374. The van der Waals surface area contributed by atoms with Crippen LogP contribution in [0.3, 0.4) is 0 Å². The molecule has 3 heteroatoms. The highest BCUT2D eigenvalue weighted by molar-refractivity contribution is 6.18. The van der Waals surface area contributed by atoms with Gasteiger partial charge in [-0.25, -0.2) is 0 Å². The van der Waals surface area contributed by atoms with Gasteiger partial charge < -0.3 is 5.11 Å². The maximum atomic E-state index is 9.01. The first-order valence-corrected chi connectivity index (χ1v) is 5.07. The Hall–Kier alpha value is -0.0800. The van der Waals surface area contributed by atoms with Crippen molar-refractivity contribution in [1.29, 1.82) is 0 Å². The van der Waals surface area contributed by atoms with Crippen LogP contribution in [0.1, 0.15) is 32.6 Å². The number of alkyl halides is 1. The van der Waals surface area contributed by atoms with Gasteiger partial charge in [-0.15, -0.1) is 11.6 Å². The van der Waals surface area contributed by atoms with Gasteiger partial charge in [-0.1, -0.05) is 19.8 Å². The van der Waals surface area contributed by atoms with Crippen molar-refractivity contribution in [3.63, 3.8) is 0 Å². The molecule has 72 valence electrons. The van der Waals surface area contributed by atoms with Gasteiger partial charge >= 0.3 is 0 Å². The summed E-state index contributed by atoms with van der Waals surface area (Å²) in [6.45, 7) is 2.62. The molecule has 0 saturated carbocycles. The minimum atomic E-state index is -0.478. The molecule has 0 aliphatic carbocycles. The molecule has 0 fully saturated rings. The second-order valence-corrected chi connectivity index (χ2v) is 3.16. The molecule has 0 unspecified atom stereocenters. The van der Waals surface area contributed by atoms with Crippen LogP contribution in [0, 0.1) is 0 Å². The van der Waals surface area contributed by atoms with Crippen molar-refractivity contribution in [2.45, 2.75) is 38.7 Å². The van der Waals surface area contributed by atoms with Crippen molar-refractivity contribution in [2.75, 3.05) is 12.4 Å². The Morgan fingerprint density at radius 1 is 1.50 bits per heavy atom. The minimum absolute atomic E-state index is 0.270.